The molecule has 0 amide bonds. The van der Waals surface area contributed by atoms with E-state index in [0.29, 0.717) is 6.54 Å². The molecule has 3 nitrogen and oxygen atoms in total. The Morgan fingerprint density at radius 3 is 2.79 bits per heavy atom. The summed E-state index contributed by atoms with van der Waals surface area (Å²) in [6.07, 6.45) is 1.63. The molecule has 0 atom stereocenters. The van der Waals surface area contributed by atoms with Crippen molar-refractivity contribution in [1.29, 1.82) is 0 Å². The minimum Gasteiger partial charge on any atom is -0.491 e. The van der Waals surface area contributed by atoms with Crippen molar-refractivity contribution in [2.75, 3.05) is 7.11 Å². The maximum absolute atomic E-state index is 13.1. The molecule has 2 aromatic rings. The lowest BCUT2D eigenvalue weighted by Gasteiger charge is -2.11. The molecule has 0 unspecified atom stereocenters. The van der Waals surface area contributed by atoms with Crippen molar-refractivity contribution in [3.05, 3.63) is 60.8 Å². The molecule has 0 fully saturated rings. The monoisotopic (exact) mass is 393 g/mol. The van der Waals surface area contributed by atoms with Crippen molar-refractivity contribution >= 4 is 34.2 Å². The third-order valence-corrected chi connectivity index (χ3v) is 3.82. The first kappa shape index (κ1) is 14.3. The number of hydrogen-bond acceptors (Lipinski definition) is 2. The number of hydrogen-bond donors (Lipinski definition) is 0. The van der Waals surface area contributed by atoms with Crippen molar-refractivity contribution in [3.63, 3.8) is 0 Å². The third-order valence-electron chi connectivity index (χ3n) is 2.60. The van der Waals surface area contributed by atoms with Crippen LogP contribution in [0.1, 0.15) is 5.56 Å². The molecule has 0 aliphatic carbocycles. The number of benzene rings is 1. The van der Waals surface area contributed by atoms with Gasteiger partial charge in [-0.2, -0.15) is 0 Å². The van der Waals surface area contributed by atoms with Crippen LogP contribution in [-0.4, -0.2) is 11.7 Å². The van der Waals surface area contributed by atoms with Crippen LogP contribution >= 0.6 is 34.2 Å². The number of methoxy groups -OCH3 is 1. The second-order valence-corrected chi connectivity index (χ2v) is 5.42. The molecular weight excluding hydrogens is 384 g/mol. The number of rotatable bonds is 3. The minimum absolute atomic E-state index is 0.0838. The molecule has 1 aromatic heterocycles. The maximum Gasteiger partial charge on any atom is 0.224 e. The normalized spacial score (nSPS) is 10.5. The summed E-state index contributed by atoms with van der Waals surface area (Å²) in [5.41, 5.74) is 0.676. The largest absolute Gasteiger partial charge is 0.491 e. The molecule has 0 N–H and O–H groups in total. The quantitative estimate of drug-likeness (QED) is 0.592. The van der Waals surface area contributed by atoms with Gasteiger partial charge in [0.2, 0.25) is 5.43 Å². The summed E-state index contributed by atoms with van der Waals surface area (Å²) in [6.45, 7) is 0.481. The number of pyridine rings is 1. The molecule has 0 saturated heterocycles. The standard InChI is InChI=1S/C13H10ClFINO2/c1-19-12-7-17(13(16)5-11(12)18)6-8-2-3-10(15)9(14)4-8/h2-5,7H,6H2,1H3. The van der Waals surface area contributed by atoms with E-state index in [2.05, 4.69) is 22.6 Å². The average Bonchev–Trinajstić information content (AvgIpc) is 2.37. The Morgan fingerprint density at radius 1 is 1.42 bits per heavy atom. The lowest BCUT2D eigenvalue weighted by Crippen LogP contribution is -2.13. The van der Waals surface area contributed by atoms with Crippen LogP contribution in [0.5, 0.6) is 5.75 Å². The Morgan fingerprint density at radius 2 is 2.16 bits per heavy atom. The van der Waals surface area contributed by atoms with Crippen LogP contribution in [0.4, 0.5) is 4.39 Å². The summed E-state index contributed by atoms with van der Waals surface area (Å²) in [7, 11) is 1.45. The Hall–Kier alpha value is -1.08. The van der Waals surface area contributed by atoms with E-state index in [-0.39, 0.29) is 16.2 Å². The molecule has 0 radical (unpaired) electrons. The first-order valence-electron chi connectivity index (χ1n) is 5.39. The minimum atomic E-state index is -0.447. The van der Waals surface area contributed by atoms with Gasteiger partial charge in [0.1, 0.15) is 5.82 Å². The second kappa shape index (κ2) is 5.92. The van der Waals surface area contributed by atoms with Crippen LogP contribution in [0.15, 0.2) is 35.3 Å². The van der Waals surface area contributed by atoms with Gasteiger partial charge >= 0.3 is 0 Å². The zero-order valence-corrected chi connectivity index (χ0v) is 12.9. The van der Waals surface area contributed by atoms with Gasteiger partial charge in [0.25, 0.3) is 0 Å². The van der Waals surface area contributed by atoms with Gasteiger partial charge in [0.05, 0.1) is 22.0 Å². The molecule has 19 heavy (non-hydrogen) atoms. The fourth-order valence-electron chi connectivity index (χ4n) is 1.64. The molecule has 0 saturated carbocycles. The van der Waals surface area contributed by atoms with E-state index in [1.807, 2.05) is 4.57 Å². The highest BCUT2D eigenvalue weighted by Crippen LogP contribution is 2.18. The topological polar surface area (TPSA) is 31.2 Å². The van der Waals surface area contributed by atoms with Gasteiger partial charge in [-0.05, 0) is 40.3 Å². The third kappa shape index (κ3) is 3.27. The van der Waals surface area contributed by atoms with Crippen molar-refractivity contribution in [1.82, 2.24) is 4.57 Å². The number of nitrogens with zero attached hydrogens (tertiary/aromatic N) is 1. The van der Waals surface area contributed by atoms with E-state index in [1.54, 1.807) is 18.3 Å². The van der Waals surface area contributed by atoms with Crippen molar-refractivity contribution in [3.8, 4) is 5.75 Å². The fourth-order valence-corrected chi connectivity index (χ4v) is 2.43. The summed E-state index contributed by atoms with van der Waals surface area (Å²) in [4.78, 5) is 11.6. The molecule has 0 aliphatic rings. The SMILES string of the molecule is COc1cn(Cc2ccc(F)c(Cl)c2)c(I)cc1=O. The van der Waals surface area contributed by atoms with Gasteiger partial charge in [0, 0.05) is 12.6 Å². The zero-order chi connectivity index (χ0) is 14.0. The van der Waals surface area contributed by atoms with Crippen LogP contribution in [-0.2, 0) is 6.54 Å². The van der Waals surface area contributed by atoms with Crippen LogP contribution in [0.2, 0.25) is 5.02 Å². The first-order chi connectivity index (χ1) is 9.01. The molecule has 2 rings (SSSR count). The lowest BCUT2D eigenvalue weighted by atomic mass is 10.2. The van der Waals surface area contributed by atoms with Crippen LogP contribution in [0.3, 0.4) is 0 Å². The van der Waals surface area contributed by atoms with Gasteiger partial charge in [-0.3, -0.25) is 4.79 Å². The Labute approximate surface area is 128 Å². The maximum atomic E-state index is 13.1. The predicted octanol–water partition coefficient (Wildman–Crippen LogP) is 3.30. The van der Waals surface area contributed by atoms with Gasteiger partial charge in [-0.1, -0.05) is 17.7 Å². The van der Waals surface area contributed by atoms with Gasteiger partial charge < -0.3 is 9.30 Å². The van der Waals surface area contributed by atoms with Crippen LogP contribution in [0, 0.1) is 9.52 Å². The Bertz CT molecular complexity index is 672. The highest BCUT2D eigenvalue weighted by molar-refractivity contribution is 14.1. The number of ether oxygens (including phenoxy) is 1. The molecule has 6 heteroatoms. The van der Waals surface area contributed by atoms with Crippen LogP contribution < -0.4 is 10.2 Å². The van der Waals surface area contributed by atoms with Gasteiger partial charge in [-0.25, -0.2) is 4.39 Å². The zero-order valence-electron chi connectivity index (χ0n) is 9.99. The predicted molar refractivity (Wildman–Crippen MR) is 80.5 cm³/mol. The summed E-state index contributed by atoms with van der Waals surface area (Å²) in [6, 6.07) is 6.04. The first-order valence-corrected chi connectivity index (χ1v) is 6.85. The van der Waals surface area contributed by atoms with E-state index in [0.717, 1.165) is 9.26 Å². The summed E-state index contributed by atoms with van der Waals surface area (Å²) >= 11 is 7.80. The molecule has 100 valence electrons. The summed E-state index contributed by atoms with van der Waals surface area (Å²) < 4.78 is 20.7. The summed E-state index contributed by atoms with van der Waals surface area (Å²) in [5.74, 6) is -0.175. The van der Waals surface area contributed by atoms with E-state index >= 15 is 0 Å². The van der Waals surface area contributed by atoms with Crippen LogP contribution in [0.25, 0.3) is 0 Å². The molecule has 1 aromatic carbocycles. The van der Waals surface area contributed by atoms with E-state index in [4.69, 9.17) is 16.3 Å². The molecular formula is C13H10ClFINO2. The molecule has 1 heterocycles. The van der Waals surface area contributed by atoms with Crippen molar-refractivity contribution < 1.29 is 9.13 Å². The van der Waals surface area contributed by atoms with E-state index < -0.39 is 5.82 Å². The van der Waals surface area contributed by atoms with E-state index in [1.165, 1.54) is 19.2 Å². The molecule has 0 spiro atoms. The Balaban J connectivity index is 2.37. The fraction of sp³-hybridized carbons (Fsp3) is 0.154. The van der Waals surface area contributed by atoms with Gasteiger partial charge in [-0.15, -0.1) is 0 Å². The smallest absolute Gasteiger partial charge is 0.224 e. The van der Waals surface area contributed by atoms with Crippen molar-refractivity contribution in [2.45, 2.75) is 6.54 Å². The summed E-state index contributed by atoms with van der Waals surface area (Å²) in [5, 5.41) is 0.0838. The molecule has 0 bridgehead atoms. The average molecular weight is 394 g/mol. The van der Waals surface area contributed by atoms with Crippen molar-refractivity contribution in [2.24, 2.45) is 0 Å². The lowest BCUT2D eigenvalue weighted by molar-refractivity contribution is 0.405. The highest BCUT2D eigenvalue weighted by atomic mass is 127. The number of aromatic nitrogens is 1. The highest BCUT2D eigenvalue weighted by Gasteiger charge is 2.07. The molecule has 0 aliphatic heterocycles. The van der Waals surface area contributed by atoms with E-state index in [9.17, 15) is 9.18 Å². The van der Waals surface area contributed by atoms with Gasteiger partial charge in [0.15, 0.2) is 5.75 Å². The Kier molecular flexibility index (Phi) is 4.46. The number of halogens is 3. The second-order valence-electron chi connectivity index (χ2n) is 3.91.